The van der Waals surface area contributed by atoms with Crippen molar-refractivity contribution in [3.63, 3.8) is 0 Å². The number of alkyl halides is 1. The van der Waals surface area contributed by atoms with Gasteiger partial charge in [0.2, 0.25) is 0 Å². The molecule has 0 bridgehead atoms. The molecule has 0 saturated carbocycles. The zero-order valence-corrected chi connectivity index (χ0v) is 8.25. The predicted molar refractivity (Wildman–Crippen MR) is 48.7 cm³/mol. The van der Waals surface area contributed by atoms with E-state index >= 15 is 0 Å². The van der Waals surface area contributed by atoms with Crippen molar-refractivity contribution in [1.29, 1.82) is 0 Å². The molecule has 0 amide bonds. The van der Waals surface area contributed by atoms with Gasteiger partial charge in [0, 0.05) is 13.1 Å². The molecule has 0 N–H and O–H groups in total. The zero-order valence-electron chi connectivity index (χ0n) is 7.43. The summed E-state index contributed by atoms with van der Waals surface area (Å²) in [5.74, 6) is 0. The molecule has 0 spiro atoms. The standard InChI is InChI=1S/C8H16FNS/c1-8(2,11-3)10-5-4-7(9)6-10/h7H,4-6H2,1-3H3. The van der Waals surface area contributed by atoms with Gasteiger partial charge in [-0.15, -0.1) is 11.8 Å². The van der Waals surface area contributed by atoms with Gasteiger partial charge in [0.05, 0.1) is 4.87 Å². The summed E-state index contributed by atoms with van der Waals surface area (Å²) in [5, 5.41) is 0. The highest BCUT2D eigenvalue weighted by Crippen LogP contribution is 2.30. The van der Waals surface area contributed by atoms with Crippen LogP contribution in [-0.2, 0) is 0 Å². The Balaban J connectivity index is 2.48. The van der Waals surface area contributed by atoms with Crippen LogP contribution in [0.15, 0.2) is 0 Å². The van der Waals surface area contributed by atoms with E-state index in [1.807, 2.05) is 0 Å². The fraction of sp³-hybridized carbons (Fsp3) is 1.00. The van der Waals surface area contributed by atoms with Gasteiger partial charge in [0.1, 0.15) is 6.17 Å². The first-order valence-electron chi connectivity index (χ1n) is 4.00. The van der Waals surface area contributed by atoms with Crippen LogP contribution >= 0.6 is 11.8 Å². The molecule has 0 aromatic carbocycles. The molecule has 0 aromatic heterocycles. The van der Waals surface area contributed by atoms with Crippen LogP contribution in [-0.4, -0.2) is 35.3 Å². The van der Waals surface area contributed by atoms with Gasteiger partial charge in [0.25, 0.3) is 0 Å². The molecule has 1 fully saturated rings. The van der Waals surface area contributed by atoms with Gasteiger partial charge >= 0.3 is 0 Å². The lowest BCUT2D eigenvalue weighted by atomic mass is 10.3. The van der Waals surface area contributed by atoms with E-state index in [4.69, 9.17) is 0 Å². The van der Waals surface area contributed by atoms with Gasteiger partial charge < -0.3 is 0 Å². The highest BCUT2D eigenvalue weighted by molar-refractivity contribution is 7.99. The molecule has 11 heavy (non-hydrogen) atoms. The van der Waals surface area contributed by atoms with E-state index in [2.05, 4.69) is 25.0 Å². The first-order valence-corrected chi connectivity index (χ1v) is 5.23. The van der Waals surface area contributed by atoms with Crippen LogP contribution in [0.25, 0.3) is 0 Å². The molecule has 1 atom stereocenters. The lowest BCUT2D eigenvalue weighted by Gasteiger charge is -2.33. The zero-order chi connectivity index (χ0) is 8.48. The van der Waals surface area contributed by atoms with Crippen molar-refractivity contribution in [3.05, 3.63) is 0 Å². The van der Waals surface area contributed by atoms with E-state index in [-0.39, 0.29) is 4.87 Å². The van der Waals surface area contributed by atoms with Crippen molar-refractivity contribution < 1.29 is 4.39 Å². The highest BCUT2D eigenvalue weighted by Gasteiger charge is 2.32. The minimum absolute atomic E-state index is 0.112. The van der Waals surface area contributed by atoms with Crippen LogP contribution in [0.4, 0.5) is 4.39 Å². The molecule has 0 aromatic rings. The van der Waals surface area contributed by atoms with E-state index in [1.165, 1.54) is 0 Å². The number of likely N-dealkylation sites (tertiary alicyclic amines) is 1. The summed E-state index contributed by atoms with van der Waals surface area (Å²) < 4.78 is 12.8. The third-order valence-corrected chi connectivity index (χ3v) is 3.65. The van der Waals surface area contributed by atoms with E-state index < -0.39 is 6.17 Å². The molecular formula is C8H16FNS. The smallest absolute Gasteiger partial charge is 0.114 e. The minimum atomic E-state index is -0.596. The van der Waals surface area contributed by atoms with Crippen molar-refractivity contribution in [1.82, 2.24) is 4.90 Å². The summed E-state index contributed by atoms with van der Waals surface area (Å²) in [4.78, 5) is 2.32. The van der Waals surface area contributed by atoms with Gasteiger partial charge in [0.15, 0.2) is 0 Å². The molecule has 0 aliphatic carbocycles. The molecule has 3 heteroatoms. The summed E-state index contributed by atoms with van der Waals surface area (Å²) in [6.45, 7) is 5.83. The van der Waals surface area contributed by atoms with Crippen LogP contribution in [0.1, 0.15) is 20.3 Å². The summed E-state index contributed by atoms with van der Waals surface area (Å²) in [6, 6.07) is 0. The van der Waals surface area contributed by atoms with Gasteiger partial charge in [-0.25, -0.2) is 4.39 Å². The summed E-state index contributed by atoms with van der Waals surface area (Å²) in [5.41, 5.74) is 0. The molecule has 1 unspecified atom stereocenters. The summed E-state index contributed by atoms with van der Waals surface area (Å²) in [7, 11) is 0. The maximum Gasteiger partial charge on any atom is 0.114 e. The molecule has 1 nitrogen and oxygen atoms in total. The van der Waals surface area contributed by atoms with Crippen molar-refractivity contribution in [2.24, 2.45) is 0 Å². The SMILES string of the molecule is CSC(C)(C)N1CCC(F)C1. The molecular weight excluding hydrogens is 161 g/mol. The van der Waals surface area contributed by atoms with Crippen LogP contribution in [0.3, 0.4) is 0 Å². The topological polar surface area (TPSA) is 3.24 Å². The first kappa shape index (κ1) is 9.33. The summed E-state index contributed by atoms with van der Waals surface area (Å²) >= 11 is 1.79. The Labute approximate surface area is 72.3 Å². The van der Waals surface area contributed by atoms with E-state index in [0.717, 1.165) is 6.54 Å². The Bertz CT molecular complexity index is 138. The molecule has 0 radical (unpaired) electrons. The van der Waals surface area contributed by atoms with Gasteiger partial charge in [-0.1, -0.05) is 0 Å². The fourth-order valence-corrected chi connectivity index (χ4v) is 1.76. The van der Waals surface area contributed by atoms with Crippen LogP contribution in [0.2, 0.25) is 0 Å². The third kappa shape index (κ3) is 2.09. The monoisotopic (exact) mass is 177 g/mol. The van der Waals surface area contributed by atoms with Crippen molar-refractivity contribution >= 4 is 11.8 Å². The number of rotatable bonds is 2. The number of halogens is 1. The normalized spacial score (nSPS) is 27.8. The Hall–Kier alpha value is 0.240. The number of nitrogens with zero attached hydrogens (tertiary/aromatic N) is 1. The average Bonchev–Trinajstić information content (AvgIpc) is 2.36. The van der Waals surface area contributed by atoms with E-state index in [0.29, 0.717) is 13.0 Å². The number of hydrogen-bond donors (Lipinski definition) is 0. The van der Waals surface area contributed by atoms with Crippen LogP contribution in [0, 0.1) is 0 Å². The second kappa shape index (κ2) is 3.31. The molecule has 1 aliphatic rings. The highest BCUT2D eigenvalue weighted by atomic mass is 32.2. The predicted octanol–water partition coefficient (Wildman–Crippen LogP) is 2.13. The van der Waals surface area contributed by atoms with Crippen LogP contribution in [0.5, 0.6) is 0 Å². The average molecular weight is 177 g/mol. The van der Waals surface area contributed by atoms with E-state index in [9.17, 15) is 4.39 Å². The quantitative estimate of drug-likeness (QED) is 0.635. The Morgan fingerprint density at radius 2 is 2.18 bits per heavy atom. The van der Waals surface area contributed by atoms with Gasteiger partial charge in [-0.3, -0.25) is 4.90 Å². The minimum Gasteiger partial charge on any atom is -0.286 e. The Morgan fingerprint density at radius 1 is 1.55 bits per heavy atom. The molecule has 1 heterocycles. The Kier molecular flexibility index (Phi) is 2.81. The third-order valence-electron chi connectivity index (χ3n) is 2.39. The second-order valence-electron chi connectivity index (χ2n) is 3.48. The van der Waals surface area contributed by atoms with Crippen LogP contribution < -0.4 is 0 Å². The van der Waals surface area contributed by atoms with Crippen molar-refractivity contribution in [3.8, 4) is 0 Å². The molecule has 1 rings (SSSR count). The maximum atomic E-state index is 12.8. The lowest BCUT2D eigenvalue weighted by Crippen LogP contribution is -2.39. The molecule has 1 saturated heterocycles. The van der Waals surface area contributed by atoms with E-state index in [1.54, 1.807) is 11.8 Å². The fourth-order valence-electron chi connectivity index (χ4n) is 1.34. The lowest BCUT2D eigenvalue weighted by molar-refractivity contribution is 0.222. The Morgan fingerprint density at radius 3 is 2.55 bits per heavy atom. The number of hydrogen-bond acceptors (Lipinski definition) is 2. The summed E-state index contributed by atoms with van der Waals surface area (Å²) in [6.07, 6.45) is 2.19. The molecule has 66 valence electrons. The van der Waals surface area contributed by atoms with Gasteiger partial charge in [-0.2, -0.15) is 0 Å². The van der Waals surface area contributed by atoms with Crippen molar-refractivity contribution in [2.75, 3.05) is 19.3 Å². The second-order valence-corrected chi connectivity index (χ2v) is 4.89. The largest absolute Gasteiger partial charge is 0.286 e. The first-order chi connectivity index (χ1) is 5.06. The molecule has 1 aliphatic heterocycles. The maximum absolute atomic E-state index is 12.8. The van der Waals surface area contributed by atoms with Gasteiger partial charge in [-0.05, 0) is 26.5 Å². The number of thioether (sulfide) groups is 1. The van der Waals surface area contributed by atoms with Crippen molar-refractivity contribution in [2.45, 2.75) is 31.3 Å².